The lowest BCUT2D eigenvalue weighted by molar-refractivity contribution is 0.0999. The maximum absolute atomic E-state index is 3.64. The predicted molar refractivity (Wildman–Crippen MR) is 78.9 cm³/mol. The smallest absolute Gasteiger partial charge is 0.00510 e. The summed E-state index contributed by atoms with van der Waals surface area (Å²) in [5.74, 6) is 0.792. The van der Waals surface area contributed by atoms with E-state index in [2.05, 4.69) is 31.0 Å². The maximum Gasteiger partial charge on any atom is 0.00510 e. The van der Waals surface area contributed by atoms with Crippen LogP contribution in [0.1, 0.15) is 59.3 Å². The van der Waals surface area contributed by atoms with Crippen molar-refractivity contribution in [2.75, 3.05) is 26.2 Å². The van der Waals surface area contributed by atoms with Crippen LogP contribution >= 0.6 is 0 Å². The second kappa shape index (κ2) is 6.38. The molecule has 1 saturated heterocycles. The van der Waals surface area contributed by atoms with Gasteiger partial charge in [0.1, 0.15) is 0 Å². The van der Waals surface area contributed by atoms with Crippen molar-refractivity contribution in [3.63, 3.8) is 0 Å². The van der Waals surface area contributed by atoms with Crippen molar-refractivity contribution in [2.45, 2.75) is 65.3 Å². The maximum atomic E-state index is 3.64. The molecule has 2 rings (SSSR count). The van der Waals surface area contributed by atoms with Gasteiger partial charge in [-0.3, -0.25) is 0 Å². The number of rotatable bonds is 2. The molecule has 1 N–H and O–H groups in total. The molecule has 2 atom stereocenters. The van der Waals surface area contributed by atoms with Crippen LogP contribution in [-0.4, -0.2) is 37.1 Å². The summed E-state index contributed by atoms with van der Waals surface area (Å²) >= 11 is 0. The van der Waals surface area contributed by atoms with Crippen molar-refractivity contribution in [3.05, 3.63) is 0 Å². The largest absolute Gasteiger partial charge is 0.314 e. The van der Waals surface area contributed by atoms with E-state index in [9.17, 15) is 0 Å². The molecule has 106 valence electrons. The third kappa shape index (κ3) is 4.24. The molecular weight excluding hydrogens is 220 g/mol. The molecule has 2 aliphatic rings. The Labute approximate surface area is 114 Å². The fraction of sp³-hybridized carbons (Fsp3) is 1.00. The fourth-order valence-electron chi connectivity index (χ4n) is 3.72. The van der Waals surface area contributed by atoms with E-state index in [1.54, 1.807) is 0 Å². The normalized spacial score (nSPS) is 34.8. The van der Waals surface area contributed by atoms with Crippen LogP contribution in [0.15, 0.2) is 0 Å². The zero-order valence-corrected chi connectivity index (χ0v) is 12.7. The predicted octanol–water partition coefficient (Wildman–Crippen LogP) is 3.28. The Balaban J connectivity index is 1.89. The van der Waals surface area contributed by atoms with Gasteiger partial charge in [-0.05, 0) is 50.6 Å². The van der Waals surface area contributed by atoms with Gasteiger partial charge in [0.15, 0.2) is 0 Å². The van der Waals surface area contributed by atoms with Crippen LogP contribution < -0.4 is 5.32 Å². The van der Waals surface area contributed by atoms with E-state index < -0.39 is 0 Å². The van der Waals surface area contributed by atoms with Crippen molar-refractivity contribution in [1.29, 1.82) is 0 Å². The molecule has 0 amide bonds. The lowest BCUT2D eigenvalue weighted by Crippen LogP contribution is -2.46. The molecule has 0 bridgehead atoms. The SMILES string of the molecule is CC1CNC(C)CCN(CC2(C)CCCCC2)C1. The van der Waals surface area contributed by atoms with Crippen LogP contribution in [0.25, 0.3) is 0 Å². The van der Waals surface area contributed by atoms with Gasteiger partial charge in [-0.25, -0.2) is 0 Å². The number of hydrogen-bond acceptors (Lipinski definition) is 2. The lowest BCUT2D eigenvalue weighted by Gasteiger charge is -2.40. The lowest BCUT2D eigenvalue weighted by atomic mass is 9.75. The standard InChI is InChI=1S/C16H32N2/c1-14-11-17-15(2)7-10-18(12-14)13-16(3)8-5-4-6-9-16/h14-15,17H,4-13H2,1-3H3. The molecule has 1 saturated carbocycles. The Morgan fingerprint density at radius 3 is 2.61 bits per heavy atom. The monoisotopic (exact) mass is 252 g/mol. The van der Waals surface area contributed by atoms with Crippen molar-refractivity contribution >= 4 is 0 Å². The molecule has 0 aromatic heterocycles. The van der Waals surface area contributed by atoms with Gasteiger partial charge in [0.25, 0.3) is 0 Å². The van der Waals surface area contributed by atoms with E-state index in [1.165, 1.54) is 64.7 Å². The van der Waals surface area contributed by atoms with E-state index in [-0.39, 0.29) is 0 Å². The van der Waals surface area contributed by atoms with Crippen molar-refractivity contribution in [1.82, 2.24) is 10.2 Å². The molecule has 1 heterocycles. The van der Waals surface area contributed by atoms with Gasteiger partial charge in [0.05, 0.1) is 0 Å². The average molecular weight is 252 g/mol. The molecule has 2 unspecified atom stereocenters. The van der Waals surface area contributed by atoms with Gasteiger partial charge in [0, 0.05) is 19.1 Å². The van der Waals surface area contributed by atoms with Gasteiger partial charge in [-0.15, -0.1) is 0 Å². The summed E-state index contributed by atoms with van der Waals surface area (Å²) in [6, 6.07) is 0.689. The Hall–Kier alpha value is -0.0800. The van der Waals surface area contributed by atoms with Crippen LogP contribution in [0.2, 0.25) is 0 Å². The Bertz CT molecular complexity index is 245. The van der Waals surface area contributed by atoms with Crippen molar-refractivity contribution in [3.8, 4) is 0 Å². The van der Waals surface area contributed by atoms with Gasteiger partial charge in [0.2, 0.25) is 0 Å². The molecule has 0 spiro atoms. The van der Waals surface area contributed by atoms with Crippen LogP contribution in [0, 0.1) is 11.3 Å². The van der Waals surface area contributed by atoms with Crippen LogP contribution in [0.5, 0.6) is 0 Å². The van der Waals surface area contributed by atoms with Gasteiger partial charge >= 0.3 is 0 Å². The third-order valence-corrected chi connectivity index (χ3v) is 4.93. The summed E-state index contributed by atoms with van der Waals surface area (Å²) in [5.41, 5.74) is 0.605. The minimum atomic E-state index is 0.605. The fourth-order valence-corrected chi connectivity index (χ4v) is 3.72. The first-order valence-electron chi connectivity index (χ1n) is 8.03. The minimum absolute atomic E-state index is 0.605. The average Bonchev–Trinajstić information content (AvgIpc) is 2.32. The first-order chi connectivity index (χ1) is 8.57. The first kappa shape index (κ1) is 14.3. The zero-order valence-electron chi connectivity index (χ0n) is 12.7. The number of nitrogens with one attached hydrogen (secondary N) is 1. The molecule has 0 aromatic rings. The van der Waals surface area contributed by atoms with Gasteiger partial charge in [-0.2, -0.15) is 0 Å². The summed E-state index contributed by atoms with van der Waals surface area (Å²) in [6.07, 6.45) is 8.59. The molecule has 1 aliphatic carbocycles. The molecule has 2 fully saturated rings. The van der Waals surface area contributed by atoms with Crippen molar-refractivity contribution < 1.29 is 0 Å². The summed E-state index contributed by atoms with van der Waals surface area (Å²) in [4.78, 5) is 2.76. The quantitative estimate of drug-likeness (QED) is 0.811. The Kier molecular flexibility index (Phi) is 5.08. The molecule has 2 heteroatoms. The summed E-state index contributed by atoms with van der Waals surface area (Å²) < 4.78 is 0. The Morgan fingerprint density at radius 1 is 1.17 bits per heavy atom. The summed E-state index contributed by atoms with van der Waals surface area (Å²) in [7, 11) is 0. The second-order valence-electron chi connectivity index (χ2n) is 7.31. The third-order valence-electron chi connectivity index (χ3n) is 4.93. The highest BCUT2D eigenvalue weighted by Crippen LogP contribution is 2.36. The topological polar surface area (TPSA) is 15.3 Å². The van der Waals surface area contributed by atoms with Crippen LogP contribution in [0.4, 0.5) is 0 Å². The first-order valence-corrected chi connectivity index (χ1v) is 8.03. The molecule has 2 nitrogen and oxygen atoms in total. The van der Waals surface area contributed by atoms with Gasteiger partial charge < -0.3 is 10.2 Å². The molecule has 0 radical (unpaired) electrons. The molecular formula is C16H32N2. The van der Waals surface area contributed by atoms with E-state index in [1.807, 2.05) is 0 Å². The van der Waals surface area contributed by atoms with Crippen molar-refractivity contribution in [2.24, 2.45) is 11.3 Å². The Morgan fingerprint density at radius 2 is 1.89 bits per heavy atom. The highest BCUT2D eigenvalue weighted by molar-refractivity contribution is 4.84. The van der Waals surface area contributed by atoms with Crippen LogP contribution in [0.3, 0.4) is 0 Å². The highest BCUT2D eigenvalue weighted by atomic mass is 15.1. The molecule has 18 heavy (non-hydrogen) atoms. The van der Waals surface area contributed by atoms with E-state index in [0.29, 0.717) is 11.5 Å². The van der Waals surface area contributed by atoms with Crippen LogP contribution in [-0.2, 0) is 0 Å². The second-order valence-corrected chi connectivity index (χ2v) is 7.31. The summed E-state index contributed by atoms with van der Waals surface area (Å²) in [6.45, 7) is 12.3. The molecule has 0 aromatic carbocycles. The number of nitrogens with zero attached hydrogens (tertiary/aromatic N) is 1. The van der Waals surface area contributed by atoms with E-state index >= 15 is 0 Å². The minimum Gasteiger partial charge on any atom is -0.314 e. The zero-order chi connectivity index (χ0) is 13.0. The highest BCUT2D eigenvalue weighted by Gasteiger charge is 2.30. The van der Waals surface area contributed by atoms with Gasteiger partial charge in [-0.1, -0.05) is 33.1 Å². The number of hydrogen-bond donors (Lipinski definition) is 1. The molecule has 1 aliphatic heterocycles. The van der Waals surface area contributed by atoms with E-state index in [4.69, 9.17) is 0 Å². The summed E-state index contributed by atoms with van der Waals surface area (Å²) in [5, 5.41) is 3.64. The van der Waals surface area contributed by atoms with E-state index in [0.717, 1.165) is 5.92 Å².